The van der Waals surface area contributed by atoms with E-state index in [0.29, 0.717) is 11.1 Å². The monoisotopic (exact) mass is 256 g/mol. The Morgan fingerprint density at radius 1 is 1.53 bits per heavy atom. The van der Waals surface area contributed by atoms with E-state index in [4.69, 9.17) is 11.6 Å². The quantitative estimate of drug-likeness (QED) is 0.891. The Kier molecular flexibility index (Phi) is 4.24. The van der Waals surface area contributed by atoms with Crippen LogP contribution in [0.4, 0.5) is 10.1 Å². The van der Waals surface area contributed by atoms with Crippen molar-refractivity contribution >= 4 is 17.3 Å². The van der Waals surface area contributed by atoms with Crippen LogP contribution in [0.3, 0.4) is 0 Å². The Morgan fingerprint density at radius 2 is 2.35 bits per heavy atom. The van der Waals surface area contributed by atoms with Gasteiger partial charge in [0.1, 0.15) is 5.82 Å². The third kappa shape index (κ3) is 3.11. The van der Waals surface area contributed by atoms with Crippen LogP contribution in [0.5, 0.6) is 0 Å². The summed E-state index contributed by atoms with van der Waals surface area (Å²) in [6.07, 6.45) is 2.27. The number of benzene rings is 1. The average molecular weight is 257 g/mol. The summed E-state index contributed by atoms with van der Waals surface area (Å²) in [7, 11) is 0. The van der Waals surface area contributed by atoms with Crippen LogP contribution in [0.2, 0.25) is 5.02 Å². The van der Waals surface area contributed by atoms with E-state index in [1.807, 2.05) is 0 Å². The van der Waals surface area contributed by atoms with Crippen LogP contribution in [-0.2, 0) is 0 Å². The highest BCUT2D eigenvalue weighted by atomic mass is 35.5. The maximum absolute atomic E-state index is 13.0. The van der Waals surface area contributed by atoms with Crippen LogP contribution in [0.15, 0.2) is 18.2 Å². The summed E-state index contributed by atoms with van der Waals surface area (Å²) in [6, 6.07) is 5.13. The minimum Gasteiger partial charge on any atom is -0.369 e. The Morgan fingerprint density at radius 3 is 3.06 bits per heavy atom. The minimum absolute atomic E-state index is 0.279. The molecule has 1 aliphatic heterocycles. The number of nitrogens with zero attached hydrogens (tertiary/aromatic N) is 1. The fraction of sp³-hybridized carbons (Fsp3) is 0.538. The molecule has 1 fully saturated rings. The van der Waals surface area contributed by atoms with Gasteiger partial charge in [0.2, 0.25) is 0 Å². The molecule has 1 aliphatic rings. The summed E-state index contributed by atoms with van der Waals surface area (Å²) in [5.74, 6) is -0.279. The standard InChI is InChI=1S/C13H18ClFN2/c1-2-6-16-11-5-7-17(9-11)13-4-3-10(15)8-12(13)14/h3-4,8,11,16H,2,5-7,9H2,1H3. The molecule has 1 heterocycles. The van der Waals surface area contributed by atoms with Gasteiger partial charge in [-0.25, -0.2) is 4.39 Å². The zero-order valence-corrected chi connectivity index (χ0v) is 10.8. The Balaban J connectivity index is 2.00. The first-order chi connectivity index (χ1) is 8.20. The molecule has 1 atom stereocenters. The number of nitrogens with one attached hydrogen (secondary N) is 1. The van der Waals surface area contributed by atoms with E-state index < -0.39 is 0 Å². The Labute approximate surface area is 107 Å². The molecule has 1 aromatic rings. The fourth-order valence-electron chi connectivity index (χ4n) is 2.23. The lowest BCUT2D eigenvalue weighted by atomic mass is 10.2. The number of halogens is 2. The summed E-state index contributed by atoms with van der Waals surface area (Å²) < 4.78 is 13.0. The molecule has 2 nitrogen and oxygen atoms in total. The van der Waals surface area contributed by atoms with Gasteiger partial charge in [0.05, 0.1) is 10.7 Å². The molecule has 4 heteroatoms. The van der Waals surface area contributed by atoms with Crippen molar-refractivity contribution in [2.24, 2.45) is 0 Å². The van der Waals surface area contributed by atoms with Crippen LogP contribution >= 0.6 is 11.6 Å². The van der Waals surface area contributed by atoms with Crippen LogP contribution in [0.25, 0.3) is 0 Å². The summed E-state index contributed by atoms with van der Waals surface area (Å²) >= 11 is 6.06. The van der Waals surface area contributed by atoms with Gasteiger partial charge < -0.3 is 10.2 Å². The van der Waals surface area contributed by atoms with Gasteiger partial charge in [0.15, 0.2) is 0 Å². The number of hydrogen-bond donors (Lipinski definition) is 1. The van der Waals surface area contributed by atoms with E-state index in [-0.39, 0.29) is 5.82 Å². The maximum atomic E-state index is 13.0. The molecule has 0 saturated carbocycles. The number of anilines is 1. The van der Waals surface area contributed by atoms with Gasteiger partial charge in [-0.1, -0.05) is 18.5 Å². The molecule has 0 radical (unpaired) electrons. The smallest absolute Gasteiger partial charge is 0.124 e. The predicted octanol–water partition coefficient (Wildman–Crippen LogP) is 3.06. The van der Waals surface area contributed by atoms with Crippen LogP contribution in [0, 0.1) is 5.82 Å². The first-order valence-corrected chi connectivity index (χ1v) is 6.52. The van der Waals surface area contributed by atoms with Crippen molar-refractivity contribution in [1.29, 1.82) is 0 Å². The van der Waals surface area contributed by atoms with Gasteiger partial charge >= 0.3 is 0 Å². The van der Waals surface area contributed by atoms with E-state index in [2.05, 4.69) is 17.1 Å². The van der Waals surface area contributed by atoms with Crippen molar-refractivity contribution in [3.05, 3.63) is 29.0 Å². The molecule has 1 unspecified atom stereocenters. The van der Waals surface area contributed by atoms with Gasteiger partial charge in [-0.05, 0) is 37.6 Å². The topological polar surface area (TPSA) is 15.3 Å². The molecule has 0 aliphatic carbocycles. The molecule has 0 spiro atoms. The van der Waals surface area contributed by atoms with Gasteiger partial charge in [-0.3, -0.25) is 0 Å². The van der Waals surface area contributed by atoms with Crippen molar-refractivity contribution in [2.75, 3.05) is 24.5 Å². The van der Waals surface area contributed by atoms with Gasteiger partial charge in [-0.15, -0.1) is 0 Å². The second kappa shape index (κ2) is 5.69. The molecule has 0 aromatic heterocycles. The number of rotatable bonds is 4. The number of hydrogen-bond acceptors (Lipinski definition) is 2. The van der Waals surface area contributed by atoms with Gasteiger partial charge in [0.25, 0.3) is 0 Å². The molecule has 0 bridgehead atoms. The minimum atomic E-state index is -0.279. The van der Waals surface area contributed by atoms with E-state index in [1.54, 1.807) is 6.07 Å². The van der Waals surface area contributed by atoms with Crippen LogP contribution < -0.4 is 10.2 Å². The van der Waals surface area contributed by atoms with Gasteiger partial charge in [0, 0.05) is 19.1 Å². The van der Waals surface area contributed by atoms with Gasteiger partial charge in [-0.2, -0.15) is 0 Å². The summed E-state index contributed by atoms with van der Waals surface area (Å²) in [5, 5.41) is 4.00. The Hall–Kier alpha value is -0.800. The molecule has 1 N–H and O–H groups in total. The molecular formula is C13H18ClFN2. The lowest BCUT2D eigenvalue weighted by molar-refractivity contribution is 0.549. The average Bonchev–Trinajstić information content (AvgIpc) is 2.75. The largest absolute Gasteiger partial charge is 0.369 e. The third-order valence-electron chi connectivity index (χ3n) is 3.12. The maximum Gasteiger partial charge on any atom is 0.124 e. The van der Waals surface area contributed by atoms with Crippen LogP contribution in [0.1, 0.15) is 19.8 Å². The SMILES string of the molecule is CCCNC1CCN(c2ccc(F)cc2Cl)C1. The second-order valence-corrected chi connectivity index (χ2v) is 4.89. The predicted molar refractivity (Wildman–Crippen MR) is 70.3 cm³/mol. The first kappa shape index (κ1) is 12.7. The van der Waals surface area contributed by atoms with E-state index in [9.17, 15) is 4.39 Å². The van der Waals surface area contributed by atoms with E-state index in [0.717, 1.165) is 38.2 Å². The Bertz CT molecular complexity index is 384. The third-order valence-corrected chi connectivity index (χ3v) is 3.42. The first-order valence-electron chi connectivity index (χ1n) is 6.14. The molecule has 94 valence electrons. The van der Waals surface area contributed by atoms with Crippen molar-refractivity contribution in [3.63, 3.8) is 0 Å². The molecule has 1 saturated heterocycles. The van der Waals surface area contributed by atoms with Crippen molar-refractivity contribution < 1.29 is 4.39 Å². The summed E-state index contributed by atoms with van der Waals surface area (Å²) in [5.41, 5.74) is 0.939. The highest BCUT2D eigenvalue weighted by Crippen LogP contribution is 2.29. The van der Waals surface area contributed by atoms with Crippen molar-refractivity contribution in [3.8, 4) is 0 Å². The van der Waals surface area contributed by atoms with Crippen LogP contribution in [-0.4, -0.2) is 25.7 Å². The second-order valence-electron chi connectivity index (χ2n) is 4.48. The zero-order valence-electron chi connectivity index (χ0n) is 10.0. The fourth-order valence-corrected chi connectivity index (χ4v) is 2.52. The molecule has 2 rings (SSSR count). The highest BCUT2D eigenvalue weighted by molar-refractivity contribution is 6.33. The summed E-state index contributed by atoms with van der Waals surface area (Å²) in [4.78, 5) is 2.22. The highest BCUT2D eigenvalue weighted by Gasteiger charge is 2.23. The van der Waals surface area contributed by atoms with Crippen molar-refractivity contribution in [1.82, 2.24) is 5.32 Å². The van der Waals surface area contributed by atoms with Crippen molar-refractivity contribution in [2.45, 2.75) is 25.8 Å². The molecule has 17 heavy (non-hydrogen) atoms. The lowest BCUT2D eigenvalue weighted by Crippen LogP contribution is -2.33. The zero-order chi connectivity index (χ0) is 12.3. The lowest BCUT2D eigenvalue weighted by Gasteiger charge is -2.20. The summed E-state index contributed by atoms with van der Waals surface area (Å²) in [6.45, 7) is 5.14. The normalized spacial score (nSPS) is 19.9. The van der Waals surface area contributed by atoms with E-state index >= 15 is 0 Å². The molecule has 1 aromatic carbocycles. The van der Waals surface area contributed by atoms with E-state index in [1.165, 1.54) is 12.1 Å². The molecule has 0 amide bonds. The molecular weight excluding hydrogens is 239 g/mol.